The molecule has 1 aromatic rings. The highest BCUT2D eigenvalue weighted by molar-refractivity contribution is 5.80. The van der Waals surface area contributed by atoms with Crippen molar-refractivity contribution in [2.45, 2.75) is 71.8 Å². The van der Waals surface area contributed by atoms with Crippen molar-refractivity contribution in [2.24, 2.45) is 11.8 Å². The van der Waals surface area contributed by atoms with Gasteiger partial charge in [-0.1, -0.05) is 58.2 Å². The van der Waals surface area contributed by atoms with E-state index in [4.69, 9.17) is 5.11 Å². The first kappa shape index (κ1) is 21.4. The molecule has 0 radical (unpaired) electrons. The van der Waals surface area contributed by atoms with Gasteiger partial charge in [-0.2, -0.15) is 0 Å². The van der Waals surface area contributed by atoms with E-state index in [2.05, 4.69) is 51.2 Å². The molecule has 29 heavy (non-hydrogen) atoms. The van der Waals surface area contributed by atoms with E-state index in [1.165, 1.54) is 35.3 Å². The molecule has 1 aromatic carbocycles. The number of carbonyl (C=O) groups is 2. The quantitative estimate of drug-likeness (QED) is 0.649. The zero-order valence-corrected chi connectivity index (χ0v) is 18.1. The fraction of sp³-hybridized carbons (Fsp3) is 0.583. The Kier molecular flexibility index (Phi) is 6.35. The van der Waals surface area contributed by atoms with Crippen LogP contribution in [0.2, 0.25) is 0 Å². The third kappa shape index (κ3) is 4.34. The Morgan fingerprint density at radius 1 is 1.34 bits per heavy atom. The number of aliphatic carboxylic acids is 1. The molecule has 5 nitrogen and oxygen atoms in total. The summed E-state index contributed by atoms with van der Waals surface area (Å²) in [6.45, 7) is 8.70. The summed E-state index contributed by atoms with van der Waals surface area (Å²) < 4.78 is 0. The normalized spacial score (nSPS) is 22.3. The van der Waals surface area contributed by atoms with Gasteiger partial charge in [-0.05, 0) is 53.9 Å². The van der Waals surface area contributed by atoms with Gasteiger partial charge in [-0.3, -0.25) is 4.79 Å². The van der Waals surface area contributed by atoms with E-state index in [9.17, 15) is 9.59 Å². The van der Waals surface area contributed by atoms with Gasteiger partial charge in [0.15, 0.2) is 0 Å². The van der Waals surface area contributed by atoms with Crippen molar-refractivity contribution < 1.29 is 14.7 Å². The monoisotopic (exact) mass is 398 g/mol. The third-order valence-electron chi connectivity index (χ3n) is 6.66. The molecular weight excluding hydrogens is 364 g/mol. The van der Waals surface area contributed by atoms with E-state index in [1.807, 2.05) is 6.20 Å². The number of carbonyl (C=O) groups excluding carboxylic acids is 1. The number of amides is 2. The van der Waals surface area contributed by atoms with Crippen LogP contribution in [0.1, 0.15) is 69.6 Å². The summed E-state index contributed by atoms with van der Waals surface area (Å²) in [5, 5.41) is 12.2. The number of aryl methyl sites for hydroxylation is 1. The lowest BCUT2D eigenvalue weighted by atomic mass is 9.73. The lowest BCUT2D eigenvalue weighted by Gasteiger charge is -2.44. The van der Waals surface area contributed by atoms with Crippen molar-refractivity contribution in [1.29, 1.82) is 0 Å². The van der Waals surface area contributed by atoms with Gasteiger partial charge in [0.05, 0.1) is 12.0 Å². The van der Waals surface area contributed by atoms with Crippen LogP contribution in [0.4, 0.5) is 4.79 Å². The second-order valence-corrected chi connectivity index (χ2v) is 8.91. The van der Waals surface area contributed by atoms with Crippen LogP contribution in [0.15, 0.2) is 30.0 Å². The molecular formula is C24H34N2O3. The van der Waals surface area contributed by atoms with Crippen LogP contribution in [0.5, 0.6) is 0 Å². The molecule has 0 saturated heterocycles. The number of nitrogens with zero attached hydrogens (tertiary/aromatic N) is 1. The maximum atomic E-state index is 12.8. The maximum Gasteiger partial charge on any atom is 0.322 e. The molecule has 2 amide bonds. The van der Waals surface area contributed by atoms with Crippen molar-refractivity contribution in [3.8, 4) is 0 Å². The number of nitrogens with one attached hydrogen (secondary N) is 1. The van der Waals surface area contributed by atoms with Crippen molar-refractivity contribution in [1.82, 2.24) is 10.2 Å². The fourth-order valence-electron chi connectivity index (χ4n) is 4.62. The van der Waals surface area contributed by atoms with Crippen molar-refractivity contribution >= 4 is 12.0 Å². The predicted molar refractivity (Wildman–Crippen MR) is 115 cm³/mol. The van der Waals surface area contributed by atoms with Gasteiger partial charge in [-0.15, -0.1) is 0 Å². The van der Waals surface area contributed by atoms with E-state index in [1.54, 1.807) is 0 Å². The van der Waals surface area contributed by atoms with Crippen LogP contribution in [0, 0.1) is 18.8 Å². The molecule has 0 unspecified atom stereocenters. The Morgan fingerprint density at radius 2 is 2.07 bits per heavy atom. The van der Waals surface area contributed by atoms with Gasteiger partial charge in [-0.25, -0.2) is 4.79 Å². The highest BCUT2D eigenvalue weighted by Gasteiger charge is 2.42. The topological polar surface area (TPSA) is 69.6 Å². The molecule has 0 spiro atoms. The lowest BCUT2D eigenvalue weighted by Crippen LogP contribution is -2.56. The first-order valence-electron chi connectivity index (χ1n) is 10.9. The number of carboxylic acids is 1. The van der Waals surface area contributed by atoms with Gasteiger partial charge >= 0.3 is 12.0 Å². The van der Waals surface area contributed by atoms with Gasteiger partial charge < -0.3 is 15.3 Å². The molecule has 1 fully saturated rings. The molecule has 1 aliphatic carbocycles. The van der Waals surface area contributed by atoms with Crippen molar-refractivity contribution in [2.75, 3.05) is 6.54 Å². The maximum absolute atomic E-state index is 12.8. The molecule has 0 aromatic heterocycles. The fourth-order valence-corrected chi connectivity index (χ4v) is 4.62. The van der Waals surface area contributed by atoms with Crippen LogP contribution in [0.25, 0.3) is 0 Å². The third-order valence-corrected chi connectivity index (χ3v) is 6.66. The molecule has 1 aliphatic heterocycles. The Morgan fingerprint density at radius 3 is 2.59 bits per heavy atom. The number of carboxylic acid groups (broad SMARTS) is 1. The predicted octanol–water partition coefficient (Wildman–Crippen LogP) is 4.98. The van der Waals surface area contributed by atoms with Crippen LogP contribution >= 0.6 is 0 Å². The smallest absolute Gasteiger partial charge is 0.322 e. The Labute approximate surface area is 174 Å². The van der Waals surface area contributed by atoms with Crippen molar-refractivity contribution in [3.63, 3.8) is 0 Å². The van der Waals surface area contributed by atoms with Crippen LogP contribution in [-0.4, -0.2) is 28.6 Å². The summed E-state index contributed by atoms with van der Waals surface area (Å²) in [5.74, 6) is 0.142. The summed E-state index contributed by atoms with van der Waals surface area (Å²) in [6.07, 6.45) is 7.74. The van der Waals surface area contributed by atoms with E-state index >= 15 is 0 Å². The van der Waals surface area contributed by atoms with E-state index in [0.29, 0.717) is 0 Å². The summed E-state index contributed by atoms with van der Waals surface area (Å²) in [6, 6.07) is 6.42. The molecule has 158 valence electrons. The zero-order valence-electron chi connectivity index (χ0n) is 18.1. The standard InChI is InChI=1S/C24H34N2O3/c1-5-24(20-10-9-19(17(4)13-20)14-18-7-6-8-18)21(16(2)3)15-26(23(29)25-24)12-11-22(27)28/h9-10,13,15-16,18H,5-8,11-12,14H2,1-4H3,(H,25,29)(H,27,28)/t24-/m0/s1. The number of hydrogen-bond acceptors (Lipinski definition) is 2. The van der Waals surface area contributed by atoms with E-state index in [-0.39, 0.29) is 24.9 Å². The SMILES string of the molecule is CC[C@@]1(c2ccc(CC3CCC3)c(C)c2)NC(=O)N(CCC(=O)O)C=C1C(C)C. The summed E-state index contributed by atoms with van der Waals surface area (Å²) >= 11 is 0. The lowest BCUT2D eigenvalue weighted by molar-refractivity contribution is -0.137. The molecule has 0 bridgehead atoms. The van der Waals surface area contributed by atoms with Crippen LogP contribution < -0.4 is 5.32 Å². The average Bonchev–Trinajstić information content (AvgIpc) is 2.63. The Hall–Kier alpha value is -2.30. The van der Waals surface area contributed by atoms with Gasteiger partial charge in [0.1, 0.15) is 0 Å². The minimum Gasteiger partial charge on any atom is -0.481 e. The molecule has 1 saturated carbocycles. The first-order chi connectivity index (χ1) is 13.8. The molecule has 2 aliphatic rings. The highest BCUT2D eigenvalue weighted by atomic mass is 16.4. The minimum absolute atomic E-state index is 0.0661. The van der Waals surface area contributed by atoms with Crippen molar-refractivity contribution in [3.05, 3.63) is 46.7 Å². The Balaban J connectivity index is 1.95. The first-order valence-corrected chi connectivity index (χ1v) is 10.9. The molecule has 5 heteroatoms. The minimum atomic E-state index is -0.901. The average molecular weight is 399 g/mol. The van der Waals surface area contributed by atoms with Gasteiger partial charge in [0, 0.05) is 12.7 Å². The zero-order chi connectivity index (χ0) is 21.2. The second-order valence-electron chi connectivity index (χ2n) is 8.91. The summed E-state index contributed by atoms with van der Waals surface area (Å²) in [7, 11) is 0. The molecule has 1 heterocycles. The van der Waals surface area contributed by atoms with E-state index < -0.39 is 11.5 Å². The summed E-state index contributed by atoms with van der Waals surface area (Å²) in [5.41, 5.74) is 4.38. The molecule has 1 atom stereocenters. The number of benzene rings is 1. The highest BCUT2D eigenvalue weighted by Crippen LogP contribution is 2.41. The number of rotatable bonds is 8. The second kappa shape index (κ2) is 8.60. The molecule has 3 rings (SSSR count). The number of urea groups is 1. The summed E-state index contributed by atoms with van der Waals surface area (Å²) in [4.78, 5) is 25.3. The number of hydrogen-bond donors (Lipinski definition) is 2. The largest absolute Gasteiger partial charge is 0.481 e. The Bertz CT molecular complexity index is 810. The van der Waals surface area contributed by atoms with Crippen LogP contribution in [0.3, 0.4) is 0 Å². The molecule has 2 N–H and O–H groups in total. The van der Waals surface area contributed by atoms with Gasteiger partial charge in [0.25, 0.3) is 0 Å². The van der Waals surface area contributed by atoms with E-state index in [0.717, 1.165) is 29.9 Å². The van der Waals surface area contributed by atoms with Crippen LogP contribution in [-0.2, 0) is 16.8 Å². The van der Waals surface area contributed by atoms with Gasteiger partial charge in [0.2, 0.25) is 0 Å².